The van der Waals surface area contributed by atoms with Crippen LogP contribution < -0.4 is 0 Å². The molecule has 1 aromatic carbocycles. The second-order valence-electron chi connectivity index (χ2n) is 6.42. The number of benzene rings is 1. The highest BCUT2D eigenvalue weighted by Gasteiger charge is 2.39. The van der Waals surface area contributed by atoms with Crippen LogP contribution in [0, 0.1) is 5.82 Å². The van der Waals surface area contributed by atoms with Crippen LogP contribution in [0.25, 0.3) is 6.08 Å². The summed E-state index contributed by atoms with van der Waals surface area (Å²) in [7, 11) is -2.59. The van der Waals surface area contributed by atoms with E-state index >= 15 is 0 Å². The summed E-state index contributed by atoms with van der Waals surface area (Å²) in [6, 6.07) is 6.60. The van der Waals surface area contributed by atoms with E-state index in [1.54, 1.807) is 18.2 Å². The molecular formula is C21H33FO5Si. The number of hydrogen-bond donors (Lipinski definition) is 1. The summed E-state index contributed by atoms with van der Waals surface area (Å²) in [5.74, 6) is -1.26. The fraction of sp³-hybridized carbons (Fsp3) is 0.571. The predicted molar refractivity (Wildman–Crippen MR) is 111 cm³/mol. The van der Waals surface area contributed by atoms with Gasteiger partial charge in [0, 0.05) is 31.4 Å². The van der Waals surface area contributed by atoms with Crippen LogP contribution in [0.3, 0.4) is 0 Å². The minimum absolute atomic E-state index is 0.334. The van der Waals surface area contributed by atoms with E-state index in [0.29, 0.717) is 37.4 Å². The fourth-order valence-corrected chi connectivity index (χ4v) is 5.70. The molecule has 0 spiro atoms. The van der Waals surface area contributed by atoms with Gasteiger partial charge in [-0.2, -0.15) is 0 Å². The predicted octanol–water partition coefficient (Wildman–Crippen LogP) is 5.29. The molecule has 0 fully saturated rings. The highest BCUT2D eigenvalue weighted by molar-refractivity contribution is 6.60. The molecule has 0 aromatic heterocycles. The van der Waals surface area contributed by atoms with Crippen molar-refractivity contribution in [1.82, 2.24) is 0 Å². The monoisotopic (exact) mass is 412 g/mol. The molecule has 0 saturated heterocycles. The van der Waals surface area contributed by atoms with Gasteiger partial charge in [0.05, 0.1) is 0 Å². The maximum atomic E-state index is 13.0. The number of carboxylic acids is 1. The van der Waals surface area contributed by atoms with E-state index < -0.39 is 14.8 Å². The van der Waals surface area contributed by atoms with Crippen LogP contribution in [-0.4, -0.2) is 39.7 Å². The largest absolute Gasteiger partial charge is 0.500 e. The van der Waals surface area contributed by atoms with Crippen LogP contribution in [0.1, 0.15) is 58.4 Å². The number of halogens is 1. The smallest absolute Gasteiger partial charge is 0.478 e. The Balaban J connectivity index is 2.46. The average Bonchev–Trinajstić information content (AvgIpc) is 2.65. The normalized spacial score (nSPS) is 12.4. The molecule has 0 aliphatic heterocycles. The third kappa shape index (κ3) is 9.10. The van der Waals surface area contributed by atoms with Gasteiger partial charge >= 0.3 is 14.8 Å². The molecule has 1 rings (SSSR count). The van der Waals surface area contributed by atoms with Crippen LogP contribution in [-0.2, 0) is 18.1 Å². The van der Waals surface area contributed by atoms with Gasteiger partial charge in [-0.1, -0.05) is 25.0 Å². The van der Waals surface area contributed by atoms with Gasteiger partial charge in [0.2, 0.25) is 0 Å². The SMILES string of the molecule is CCO[Si](CCCCCC/C(=C\c1ccc(F)cc1)C(=O)O)(OCC)OCC. The Morgan fingerprint density at radius 2 is 1.50 bits per heavy atom. The molecule has 1 N–H and O–H groups in total. The summed E-state index contributed by atoms with van der Waals surface area (Å²) in [5.41, 5.74) is 1.04. The first-order valence-corrected chi connectivity index (χ1v) is 12.0. The van der Waals surface area contributed by atoms with E-state index in [-0.39, 0.29) is 5.82 Å². The summed E-state index contributed by atoms with van der Waals surface area (Å²) in [5, 5.41) is 9.39. The summed E-state index contributed by atoms with van der Waals surface area (Å²) < 4.78 is 30.5. The molecule has 0 aliphatic rings. The molecule has 0 amide bonds. The van der Waals surface area contributed by atoms with E-state index in [0.717, 1.165) is 31.7 Å². The molecule has 0 heterocycles. The number of unbranched alkanes of at least 4 members (excludes halogenated alkanes) is 3. The lowest BCUT2D eigenvalue weighted by atomic mass is 10.0. The molecular weight excluding hydrogens is 379 g/mol. The van der Waals surface area contributed by atoms with E-state index in [2.05, 4.69) is 0 Å². The molecule has 0 saturated carbocycles. The Hall–Kier alpha value is -1.54. The number of rotatable bonds is 15. The van der Waals surface area contributed by atoms with Crippen LogP contribution >= 0.6 is 0 Å². The maximum Gasteiger partial charge on any atom is 0.500 e. The van der Waals surface area contributed by atoms with Gasteiger partial charge in [0.15, 0.2) is 0 Å². The van der Waals surface area contributed by atoms with Gasteiger partial charge in [-0.15, -0.1) is 0 Å². The Kier molecular flexibility index (Phi) is 11.9. The molecule has 1 aromatic rings. The van der Waals surface area contributed by atoms with Crippen molar-refractivity contribution in [2.45, 2.75) is 58.9 Å². The van der Waals surface area contributed by atoms with E-state index in [9.17, 15) is 14.3 Å². The fourth-order valence-electron chi connectivity index (χ4n) is 3.01. The van der Waals surface area contributed by atoms with Gasteiger partial charge in [0.1, 0.15) is 5.82 Å². The first-order valence-electron chi connectivity index (χ1n) is 10.1. The molecule has 5 nitrogen and oxygen atoms in total. The summed E-state index contributed by atoms with van der Waals surface area (Å²) >= 11 is 0. The standard InChI is InChI=1S/C21H33FO5Si/c1-4-25-28(26-5-2,27-6-3)16-10-8-7-9-11-19(21(23)24)17-18-12-14-20(22)15-13-18/h12-15,17H,4-11,16H2,1-3H3,(H,23,24)/b19-17+. The summed E-state index contributed by atoms with van der Waals surface area (Å²) in [6.07, 6.45) is 5.69. The molecule has 0 unspecified atom stereocenters. The van der Waals surface area contributed by atoms with Crippen molar-refractivity contribution in [3.8, 4) is 0 Å². The lowest BCUT2D eigenvalue weighted by Crippen LogP contribution is -2.45. The highest BCUT2D eigenvalue weighted by Crippen LogP contribution is 2.21. The second-order valence-corrected chi connectivity index (χ2v) is 9.15. The molecule has 0 aliphatic carbocycles. The van der Waals surface area contributed by atoms with Gasteiger partial charge in [-0.05, 0) is 63.8 Å². The van der Waals surface area contributed by atoms with Crippen LogP contribution in [0.4, 0.5) is 4.39 Å². The number of carbonyl (C=O) groups is 1. The summed E-state index contributed by atoms with van der Waals surface area (Å²) in [6.45, 7) is 7.55. The Labute approximate surface area is 168 Å². The summed E-state index contributed by atoms with van der Waals surface area (Å²) in [4.78, 5) is 11.5. The van der Waals surface area contributed by atoms with Crippen molar-refractivity contribution in [1.29, 1.82) is 0 Å². The Morgan fingerprint density at radius 3 is 2.00 bits per heavy atom. The van der Waals surface area contributed by atoms with Crippen LogP contribution in [0.2, 0.25) is 6.04 Å². The topological polar surface area (TPSA) is 65.0 Å². The third-order valence-electron chi connectivity index (χ3n) is 4.26. The van der Waals surface area contributed by atoms with Crippen LogP contribution in [0.15, 0.2) is 29.8 Å². The van der Waals surface area contributed by atoms with Crippen molar-refractivity contribution in [3.05, 3.63) is 41.2 Å². The number of aliphatic carboxylic acids is 1. The lowest BCUT2D eigenvalue weighted by molar-refractivity contribution is -0.132. The van der Waals surface area contributed by atoms with Crippen molar-refractivity contribution in [2.24, 2.45) is 0 Å². The van der Waals surface area contributed by atoms with Gasteiger partial charge in [-0.3, -0.25) is 0 Å². The molecule has 0 bridgehead atoms. The molecule has 28 heavy (non-hydrogen) atoms. The number of hydrogen-bond acceptors (Lipinski definition) is 4. The molecule has 0 atom stereocenters. The Morgan fingerprint density at radius 1 is 0.964 bits per heavy atom. The van der Waals surface area contributed by atoms with Gasteiger partial charge in [-0.25, -0.2) is 9.18 Å². The minimum Gasteiger partial charge on any atom is -0.478 e. The Bertz CT molecular complexity index is 586. The quantitative estimate of drug-likeness (QED) is 0.241. The van der Waals surface area contributed by atoms with Gasteiger partial charge < -0.3 is 18.4 Å². The van der Waals surface area contributed by atoms with Crippen LogP contribution in [0.5, 0.6) is 0 Å². The zero-order valence-electron chi connectivity index (χ0n) is 17.2. The van der Waals surface area contributed by atoms with Crippen molar-refractivity contribution >= 4 is 20.8 Å². The first kappa shape index (κ1) is 24.5. The zero-order chi connectivity index (χ0) is 20.8. The van der Waals surface area contributed by atoms with E-state index in [1.807, 2.05) is 20.8 Å². The lowest BCUT2D eigenvalue weighted by Gasteiger charge is -2.28. The second kappa shape index (κ2) is 13.6. The van der Waals surface area contributed by atoms with E-state index in [1.165, 1.54) is 12.1 Å². The van der Waals surface area contributed by atoms with Crippen molar-refractivity contribution in [2.75, 3.05) is 19.8 Å². The highest BCUT2D eigenvalue weighted by atomic mass is 28.4. The third-order valence-corrected chi connectivity index (χ3v) is 7.41. The van der Waals surface area contributed by atoms with Crippen molar-refractivity contribution in [3.63, 3.8) is 0 Å². The van der Waals surface area contributed by atoms with Gasteiger partial charge in [0.25, 0.3) is 0 Å². The maximum absolute atomic E-state index is 13.0. The number of carboxylic acid groups (broad SMARTS) is 1. The zero-order valence-corrected chi connectivity index (χ0v) is 18.2. The molecule has 0 radical (unpaired) electrons. The first-order chi connectivity index (χ1) is 13.5. The van der Waals surface area contributed by atoms with E-state index in [4.69, 9.17) is 13.3 Å². The average molecular weight is 413 g/mol. The molecule has 7 heteroatoms. The minimum atomic E-state index is -2.59. The van der Waals surface area contributed by atoms with Crippen molar-refractivity contribution < 1.29 is 27.6 Å². The molecule has 158 valence electrons.